The first-order valence-corrected chi connectivity index (χ1v) is 6.03. The number of hydrogen-bond acceptors (Lipinski definition) is 4. The second-order valence-corrected chi connectivity index (χ2v) is 4.16. The molecule has 0 saturated heterocycles. The highest BCUT2D eigenvalue weighted by Gasteiger charge is 2.05. The molecule has 0 aliphatic heterocycles. The number of benzene rings is 1. The highest BCUT2D eigenvalue weighted by atomic mass is 32.1. The average molecular weight is 248 g/mol. The summed E-state index contributed by atoms with van der Waals surface area (Å²) in [5, 5.41) is 4.67. The van der Waals surface area contributed by atoms with Gasteiger partial charge in [-0.3, -0.25) is 4.79 Å². The standard InChI is InChI=1S/C12H12N2O2S/c1-16-11-4-2-3-9(5-11)14-12(15)6-10-7-17-8-13-10/h2-5,7-8H,6H2,1H3,(H,14,15). The third-order valence-electron chi connectivity index (χ3n) is 2.18. The zero-order chi connectivity index (χ0) is 12.1. The number of rotatable bonds is 4. The topological polar surface area (TPSA) is 51.2 Å². The van der Waals surface area contributed by atoms with Gasteiger partial charge in [-0.15, -0.1) is 11.3 Å². The van der Waals surface area contributed by atoms with Crippen molar-refractivity contribution in [3.8, 4) is 5.75 Å². The Morgan fingerprint density at radius 1 is 1.53 bits per heavy atom. The molecular formula is C12H12N2O2S. The van der Waals surface area contributed by atoms with Crippen molar-refractivity contribution in [1.82, 2.24) is 4.98 Å². The molecule has 1 amide bonds. The average Bonchev–Trinajstić information content (AvgIpc) is 2.82. The number of hydrogen-bond donors (Lipinski definition) is 1. The number of aromatic nitrogens is 1. The van der Waals surface area contributed by atoms with Gasteiger partial charge in [0, 0.05) is 17.1 Å². The molecule has 5 heteroatoms. The number of nitrogens with one attached hydrogen (secondary N) is 1. The number of thiazole rings is 1. The molecule has 1 aromatic heterocycles. The molecule has 0 aliphatic carbocycles. The second kappa shape index (κ2) is 5.45. The molecule has 0 saturated carbocycles. The van der Waals surface area contributed by atoms with Crippen molar-refractivity contribution >= 4 is 22.9 Å². The Morgan fingerprint density at radius 2 is 2.41 bits per heavy atom. The molecule has 0 atom stereocenters. The first-order chi connectivity index (χ1) is 8.28. The lowest BCUT2D eigenvalue weighted by Gasteiger charge is -2.05. The summed E-state index contributed by atoms with van der Waals surface area (Å²) >= 11 is 1.48. The van der Waals surface area contributed by atoms with Gasteiger partial charge < -0.3 is 10.1 Å². The smallest absolute Gasteiger partial charge is 0.230 e. The molecule has 1 aromatic carbocycles. The summed E-state index contributed by atoms with van der Waals surface area (Å²) in [7, 11) is 1.59. The van der Waals surface area contributed by atoms with Gasteiger partial charge in [0.15, 0.2) is 0 Å². The molecule has 0 unspecified atom stereocenters. The van der Waals surface area contributed by atoms with Crippen LogP contribution < -0.4 is 10.1 Å². The maximum atomic E-state index is 11.7. The largest absolute Gasteiger partial charge is 0.497 e. The molecule has 0 bridgehead atoms. The molecule has 1 heterocycles. The van der Waals surface area contributed by atoms with E-state index < -0.39 is 0 Å². The first-order valence-electron chi connectivity index (χ1n) is 5.09. The van der Waals surface area contributed by atoms with E-state index in [1.807, 2.05) is 23.6 Å². The van der Waals surface area contributed by atoms with Crippen LogP contribution >= 0.6 is 11.3 Å². The molecule has 4 nitrogen and oxygen atoms in total. The van der Waals surface area contributed by atoms with Gasteiger partial charge in [0.25, 0.3) is 0 Å². The number of nitrogens with zero attached hydrogens (tertiary/aromatic N) is 1. The highest BCUT2D eigenvalue weighted by Crippen LogP contribution is 2.16. The van der Waals surface area contributed by atoms with Crippen molar-refractivity contribution in [2.75, 3.05) is 12.4 Å². The van der Waals surface area contributed by atoms with Crippen LogP contribution in [0.4, 0.5) is 5.69 Å². The maximum absolute atomic E-state index is 11.7. The van der Waals surface area contributed by atoms with Crippen molar-refractivity contribution in [2.45, 2.75) is 6.42 Å². The Kier molecular flexibility index (Phi) is 3.72. The van der Waals surface area contributed by atoms with E-state index in [0.717, 1.165) is 17.1 Å². The van der Waals surface area contributed by atoms with Crippen LogP contribution in [0.15, 0.2) is 35.2 Å². The quantitative estimate of drug-likeness (QED) is 0.903. The van der Waals surface area contributed by atoms with Crippen LogP contribution in [-0.4, -0.2) is 18.0 Å². The summed E-state index contributed by atoms with van der Waals surface area (Å²) in [6, 6.07) is 7.26. The second-order valence-electron chi connectivity index (χ2n) is 3.44. The summed E-state index contributed by atoms with van der Waals surface area (Å²) < 4.78 is 5.08. The lowest BCUT2D eigenvalue weighted by atomic mass is 10.2. The molecular weight excluding hydrogens is 236 g/mol. The Balaban J connectivity index is 1.98. The summed E-state index contributed by atoms with van der Waals surface area (Å²) in [6.07, 6.45) is 0.292. The van der Waals surface area contributed by atoms with Gasteiger partial charge in [0.1, 0.15) is 5.75 Å². The Labute approximate surface area is 103 Å². The number of amides is 1. The molecule has 1 N–H and O–H groups in total. The lowest BCUT2D eigenvalue weighted by molar-refractivity contribution is -0.115. The van der Waals surface area contributed by atoms with E-state index in [0.29, 0.717) is 6.42 Å². The van der Waals surface area contributed by atoms with E-state index in [4.69, 9.17) is 4.74 Å². The Bertz CT molecular complexity index is 497. The van der Waals surface area contributed by atoms with E-state index in [9.17, 15) is 4.79 Å². The predicted octanol–water partition coefficient (Wildman–Crippen LogP) is 2.33. The van der Waals surface area contributed by atoms with E-state index in [2.05, 4.69) is 10.3 Å². The number of methoxy groups -OCH3 is 1. The normalized spacial score (nSPS) is 9.94. The molecule has 0 aliphatic rings. The van der Waals surface area contributed by atoms with Crippen molar-refractivity contribution in [3.63, 3.8) is 0 Å². The fourth-order valence-corrected chi connectivity index (χ4v) is 1.95. The molecule has 2 aromatic rings. The van der Waals surface area contributed by atoms with Crippen LogP contribution in [0.1, 0.15) is 5.69 Å². The molecule has 88 valence electrons. The monoisotopic (exact) mass is 248 g/mol. The predicted molar refractivity (Wildman–Crippen MR) is 67.4 cm³/mol. The Morgan fingerprint density at radius 3 is 3.12 bits per heavy atom. The van der Waals surface area contributed by atoms with Crippen LogP contribution in [0.3, 0.4) is 0 Å². The lowest BCUT2D eigenvalue weighted by Crippen LogP contribution is -2.14. The van der Waals surface area contributed by atoms with Crippen molar-refractivity contribution < 1.29 is 9.53 Å². The van der Waals surface area contributed by atoms with Crippen LogP contribution in [0.2, 0.25) is 0 Å². The highest BCUT2D eigenvalue weighted by molar-refractivity contribution is 7.07. The van der Waals surface area contributed by atoms with E-state index in [1.165, 1.54) is 11.3 Å². The number of ether oxygens (including phenoxy) is 1. The summed E-state index contributed by atoms with van der Waals surface area (Å²) in [5.74, 6) is 0.639. The summed E-state index contributed by atoms with van der Waals surface area (Å²) in [6.45, 7) is 0. The van der Waals surface area contributed by atoms with Gasteiger partial charge in [-0.1, -0.05) is 6.07 Å². The first kappa shape index (κ1) is 11.6. The maximum Gasteiger partial charge on any atom is 0.230 e. The van der Waals surface area contributed by atoms with Gasteiger partial charge >= 0.3 is 0 Å². The van der Waals surface area contributed by atoms with E-state index in [1.54, 1.807) is 18.7 Å². The zero-order valence-corrected chi connectivity index (χ0v) is 10.2. The van der Waals surface area contributed by atoms with Crippen LogP contribution in [0, 0.1) is 0 Å². The minimum absolute atomic E-state index is 0.0795. The minimum Gasteiger partial charge on any atom is -0.497 e. The molecule has 0 spiro atoms. The van der Waals surface area contributed by atoms with Crippen molar-refractivity contribution in [2.24, 2.45) is 0 Å². The van der Waals surface area contributed by atoms with Crippen LogP contribution in [-0.2, 0) is 11.2 Å². The summed E-state index contributed by atoms with van der Waals surface area (Å²) in [5.41, 5.74) is 3.23. The minimum atomic E-state index is -0.0795. The van der Waals surface area contributed by atoms with Gasteiger partial charge in [-0.25, -0.2) is 4.98 Å². The zero-order valence-electron chi connectivity index (χ0n) is 9.34. The summed E-state index contributed by atoms with van der Waals surface area (Å²) in [4.78, 5) is 15.8. The van der Waals surface area contributed by atoms with E-state index >= 15 is 0 Å². The van der Waals surface area contributed by atoms with Crippen molar-refractivity contribution in [3.05, 3.63) is 40.8 Å². The van der Waals surface area contributed by atoms with Gasteiger partial charge in [-0.05, 0) is 12.1 Å². The third kappa shape index (κ3) is 3.29. The molecule has 17 heavy (non-hydrogen) atoms. The Hall–Kier alpha value is -1.88. The molecule has 0 fully saturated rings. The van der Waals surface area contributed by atoms with Gasteiger partial charge in [0.2, 0.25) is 5.91 Å². The number of carbonyl (C=O) groups excluding carboxylic acids is 1. The number of carbonyl (C=O) groups is 1. The van der Waals surface area contributed by atoms with Crippen molar-refractivity contribution in [1.29, 1.82) is 0 Å². The van der Waals surface area contributed by atoms with Gasteiger partial charge in [-0.2, -0.15) is 0 Å². The van der Waals surface area contributed by atoms with Crippen LogP contribution in [0.25, 0.3) is 0 Å². The van der Waals surface area contributed by atoms with Gasteiger partial charge in [0.05, 0.1) is 24.7 Å². The molecule has 2 rings (SSSR count). The molecule has 0 radical (unpaired) electrons. The van der Waals surface area contributed by atoms with Crippen LogP contribution in [0.5, 0.6) is 5.75 Å². The SMILES string of the molecule is COc1cccc(NC(=O)Cc2cscn2)c1. The number of anilines is 1. The third-order valence-corrected chi connectivity index (χ3v) is 2.81. The fraction of sp³-hybridized carbons (Fsp3) is 0.167. The van der Waals surface area contributed by atoms with E-state index in [-0.39, 0.29) is 5.91 Å². The fourth-order valence-electron chi connectivity index (χ4n) is 1.40.